The van der Waals surface area contributed by atoms with Crippen molar-refractivity contribution in [1.29, 1.82) is 0 Å². The molecular formula is C24H38O2. The summed E-state index contributed by atoms with van der Waals surface area (Å²) < 4.78 is 0. The molecule has 0 N–H and O–H groups in total. The molecule has 2 heteroatoms. The van der Waals surface area contributed by atoms with Gasteiger partial charge in [-0.1, -0.05) is 39.5 Å². The summed E-state index contributed by atoms with van der Waals surface area (Å²) >= 11 is 0. The molecule has 0 aliphatic heterocycles. The molecule has 4 fully saturated rings. The van der Waals surface area contributed by atoms with Gasteiger partial charge in [-0.2, -0.15) is 0 Å². The lowest BCUT2D eigenvalue weighted by Gasteiger charge is -2.57. The van der Waals surface area contributed by atoms with Crippen LogP contribution < -0.4 is 0 Å². The Balaban J connectivity index is 1.35. The third kappa shape index (κ3) is 2.81. The molecule has 0 aromatic heterocycles. The maximum absolute atomic E-state index is 13.3. The number of Topliss-reactive ketones (excluding diaryl/α,β-unsaturated/α-hetero) is 2. The molecule has 4 rings (SSSR count). The Bertz CT molecular complexity index is 519. The zero-order valence-corrected chi connectivity index (χ0v) is 17.0. The highest BCUT2D eigenvalue weighted by atomic mass is 16.2. The normalized spacial score (nSPS) is 46.5. The molecule has 0 bridgehead atoms. The van der Waals surface area contributed by atoms with E-state index in [1.165, 1.54) is 38.5 Å². The van der Waals surface area contributed by atoms with E-state index in [1.807, 2.05) is 0 Å². The molecule has 4 aliphatic carbocycles. The largest absolute Gasteiger partial charge is 0.297 e. The van der Waals surface area contributed by atoms with Crippen LogP contribution >= 0.6 is 0 Å². The van der Waals surface area contributed by atoms with Gasteiger partial charge in [0.05, 0.1) is 10.8 Å². The summed E-state index contributed by atoms with van der Waals surface area (Å²) in [6.45, 7) is 4.62. The van der Waals surface area contributed by atoms with Gasteiger partial charge in [-0.05, 0) is 87.9 Å². The Morgan fingerprint density at radius 3 is 1.69 bits per heavy atom. The Morgan fingerprint density at radius 1 is 0.731 bits per heavy atom. The monoisotopic (exact) mass is 358 g/mol. The van der Waals surface area contributed by atoms with Gasteiger partial charge in [-0.25, -0.2) is 0 Å². The van der Waals surface area contributed by atoms with Crippen LogP contribution in [0.5, 0.6) is 0 Å². The number of ketones is 2. The first-order valence-corrected chi connectivity index (χ1v) is 11.6. The molecule has 146 valence electrons. The highest BCUT2D eigenvalue weighted by Gasteiger charge is 2.70. The number of rotatable bonds is 3. The standard InChI is InChI=1S/C24H38O2/c1-3-4-18-9-13-23(14-10-18)21(25)24(22(23)26)15-11-20(12-16-24)19-7-5-17(2)6-8-19/h17-20H,3-16H2,1-2H3. The van der Waals surface area contributed by atoms with Crippen LogP contribution in [0.25, 0.3) is 0 Å². The van der Waals surface area contributed by atoms with Crippen LogP contribution in [0, 0.1) is 34.5 Å². The van der Waals surface area contributed by atoms with Gasteiger partial charge in [0.25, 0.3) is 0 Å². The van der Waals surface area contributed by atoms with Crippen molar-refractivity contribution in [1.82, 2.24) is 0 Å². The van der Waals surface area contributed by atoms with E-state index < -0.39 is 10.8 Å². The van der Waals surface area contributed by atoms with Gasteiger partial charge in [0.1, 0.15) is 0 Å². The van der Waals surface area contributed by atoms with Gasteiger partial charge in [-0.15, -0.1) is 0 Å². The lowest BCUT2D eigenvalue weighted by atomic mass is 9.42. The highest BCUT2D eigenvalue weighted by Crippen LogP contribution is 2.62. The second kappa shape index (κ2) is 7.06. The first-order chi connectivity index (χ1) is 12.5. The van der Waals surface area contributed by atoms with Crippen LogP contribution in [0.15, 0.2) is 0 Å². The maximum atomic E-state index is 13.3. The van der Waals surface area contributed by atoms with Gasteiger partial charge in [-0.3, -0.25) is 9.59 Å². The Labute approximate surface area is 159 Å². The average Bonchev–Trinajstić information content (AvgIpc) is 2.69. The van der Waals surface area contributed by atoms with Crippen molar-refractivity contribution in [3.05, 3.63) is 0 Å². The minimum absolute atomic E-state index is 0.376. The van der Waals surface area contributed by atoms with E-state index in [4.69, 9.17) is 0 Å². The molecule has 0 aromatic rings. The summed E-state index contributed by atoms with van der Waals surface area (Å²) in [6, 6.07) is 0. The van der Waals surface area contributed by atoms with Crippen molar-refractivity contribution in [3.8, 4) is 0 Å². The quantitative estimate of drug-likeness (QED) is 0.570. The van der Waals surface area contributed by atoms with E-state index in [-0.39, 0.29) is 0 Å². The van der Waals surface area contributed by atoms with Crippen LogP contribution in [0.3, 0.4) is 0 Å². The van der Waals surface area contributed by atoms with Crippen LogP contribution in [-0.2, 0) is 9.59 Å². The minimum atomic E-state index is -0.532. The molecular weight excluding hydrogens is 320 g/mol. The molecule has 0 unspecified atom stereocenters. The molecule has 0 amide bonds. The molecule has 0 atom stereocenters. The van der Waals surface area contributed by atoms with Crippen LogP contribution in [0.2, 0.25) is 0 Å². The van der Waals surface area contributed by atoms with Crippen molar-refractivity contribution >= 4 is 11.6 Å². The number of hydrogen-bond donors (Lipinski definition) is 0. The fourth-order valence-electron chi connectivity index (χ4n) is 7.20. The number of carbonyl (C=O) groups is 2. The summed E-state index contributed by atoms with van der Waals surface area (Å²) in [5.74, 6) is 4.06. The molecule has 0 radical (unpaired) electrons. The van der Waals surface area contributed by atoms with Gasteiger partial charge >= 0.3 is 0 Å². The SMILES string of the molecule is CCCC1CCC2(CC1)C(=O)C1(CCC(C3CCC(C)CC3)CC1)C2=O. The summed E-state index contributed by atoms with van der Waals surface area (Å²) in [5, 5.41) is 0. The lowest BCUT2D eigenvalue weighted by Crippen LogP contribution is -2.68. The second-order valence-corrected chi connectivity index (χ2v) is 10.4. The summed E-state index contributed by atoms with van der Waals surface area (Å²) in [5.41, 5.74) is -1.06. The van der Waals surface area contributed by atoms with Crippen LogP contribution in [-0.4, -0.2) is 11.6 Å². The van der Waals surface area contributed by atoms with Crippen LogP contribution in [0.4, 0.5) is 0 Å². The predicted molar refractivity (Wildman–Crippen MR) is 105 cm³/mol. The smallest absolute Gasteiger partial charge is 0.159 e. The third-order valence-electron chi connectivity index (χ3n) is 9.01. The fourth-order valence-corrected chi connectivity index (χ4v) is 7.20. The summed E-state index contributed by atoms with van der Waals surface area (Å²) in [7, 11) is 0. The first-order valence-electron chi connectivity index (χ1n) is 11.6. The summed E-state index contributed by atoms with van der Waals surface area (Å²) in [4.78, 5) is 26.6. The highest BCUT2D eigenvalue weighted by molar-refractivity contribution is 6.30. The Hall–Kier alpha value is -0.660. The molecule has 2 nitrogen and oxygen atoms in total. The van der Waals surface area contributed by atoms with Crippen molar-refractivity contribution in [2.45, 2.75) is 104 Å². The van der Waals surface area contributed by atoms with Crippen molar-refractivity contribution in [3.63, 3.8) is 0 Å². The van der Waals surface area contributed by atoms with E-state index in [0.717, 1.165) is 75.0 Å². The van der Waals surface area contributed by atoms with E-state index in [0.29, 0.717) is 11.6 Å². The average molecular weight is 359 g/mol. The minimum Gasteiger partial charge on any atom is -0.297 e. The van der Waals surface area contributed by atoms with Gasteiger partial charge in [0, 0.05) is 0 Å². The van der Waals surface area contributed by atoms with Crippen molar-refractivity contribution in [2.24, 2.45) is 34.5 Å². The Kier molecular flexibility index (Phi) is 5.07. The molecule has 0 aromatic carbocycles. The van der Waals surface area contributed by atoms with E-state index in [9.17, 15) is 9.59 Å². The van der Waals surface area contributed by atoms with Crippen LogP contribution in [0.1, 0.15) is 104 Å². The van der Waals surface area contributed by atoms with Gasteiger partial charge in [0.2, 0.25) is 0 Å². The molecule has 0 saturated heterocycles. The van der Waals surface area contributed by atoms with E-state index in [2.05, 4.69) is 13.8 Å². The van der Waals surface area contributed by atoms with Gasteiger partial charge < -0.3 is 0 Å². The number of carbonyl (C=O) groups excluding carboxylic acids is 2. The third-order valence-corrected chi connectivity index (χ3v) is 9.01. The molecule has 0 heterocycles. The second-order valence-electron chi connectivity index (χ2n) is 10.4. The molecule has 4 saturated carbocycles. The van der Waals surface area contributed by atoms with E-state index >= 15 is 0 Å². The zero-order valence-electron chi connectivity index (χ0n) is 17.0. The molecule has 4 aliphatic rings. The first kappa shape index (κ1) is 18.7. The summed E-state index contributed by atoms with van der Waals surface area (Å²) in [6.07, 6.45) is 16.0. The Morgan fingerprint density at radius 2 is 1.19 bits per heavy atom. The maximum Gasteiger partial charge on any atom is 0.159 e. The number of hydrogen-bond acceptors (Lipinski definition) is 2. The zero-order chi connectivity index (χ0) is 18.4. The van der Waals surface area contributed by atoms with Crippen molar-refractivity contribution in [2.75, 3.05) is 0 Å². The molecule has 2 spiro atoms. The molecule has 26 heavy (non-hydrogen) atoms. The van der Waals surface area contributed by atoms with Crippen molar-refractivity contribution < 1.29 is 9.59 Å². The van der Waals surface area contributed by atoms with E-state index in [1.54, 1.807) is 0 Å². The lowest BCUT2D eigenvalue weighted by molar-refractivity contribution is -0.179. The topological polar surface area (TPSA) is 34.1 Å². The fraction of sp³-hybridized carbons (Fsp3) is 0.917. The predicted octanol–water partition coefficient (Wildman–Crippen LogP) is 6.12. The van der Waals surface area contributed by atoms with Gasteiger partial charge in [0.15, 0.2) is 11.6 Å².